The number of methoxy groups -OCH3 is 1. The van der Waals surface area contributed by atoms with E-state index < -0.39 is 0 Å². The second-order valence-corrected chi connectivity index (χ2v) is 5.12. The predicted molar refractivity (Wildman–Crippen MR) is 73.5 cm³/mol. The van der Waals surface area contributed by atoms with E-state index in [0.717, 1.165) is 42.4 Å². The van der Waals surface area contributed by atoms with Crippen LogP contribution in [0.4, 0.5) is 0 Å². The first-order valence-corrected chi connectivity index (χ1v) is 6.70. The Hall–Kier alpha value is -0.770. The first kappa shape index (κ1) is 13.7. The third-order valence-corrected chi connectivity index (χ3v) is 3.82. The second kappa shape index (κ2) is 6.41. The maximum atomic E-state index is 6.06. The number of rotatable bonds is 5. The van der Waals surface area contributed by atoms with E-state index >= 15 is 0 Å². The highest BCUT2D eigenvalue weighted by atomic mass is 35.5. The Labute approximate surface area is 113 Å². The largest absolute Gasteiger partial charge is 0.496 e. The minimum Gasteiger partial charge on any atom is -0.496 e. The standard InChI is InChI=1S/C14H20ClNO2/c1-16-13(10-5-6-18-9-10)8-11-7-12(15)3-4-14(11)17-2/h3-4,7,10,13,16H,5-6,8-9H2,1-2H3. The summed E-state index contributed by atoms with van der Waals surface area (Å²) < 4.78 is 10.9. The highest BCUT2D eigenvalue weighted by molar-refractivity contribution is 6.30. The number of hydrogen-bond acceptors (Lipinski definition) is 3. The van der Waals surface area contributed by atoms with Gasteiger partial charge in [-0.05, 0) is 43.7 Å². The lowest BCUT2D eigenvalue weighted by atomic mass is 9.92. The van der Waals surface area contributed by atoms with Crippen LogP contribution in [0.1, 0.15) is 12.0 Å². The van der Waals surface area contributed by atoms with Crippen molar-refractivity contribution in [2.24, 2.45) is 5.92 Å². The number of halogens is 1. The number of ether oxygens (including phenoxy) is 2. The summed E-state index contributed by atoms with van der Waals surface area (Å²) in [5.74, 6) is 1.47. The van der Waals surface area contributed by atoms with Crippen LogP contribution in [-0.4, -0.2) is 33.4 Å². The molecule has 2 atom stereocenters. The SMILES string of the molecule is CNC(Cc1cc(Cl)ccc1OC)C1CCOC1. The topological polar surface area (TPSA) is 30.5 Å². The third-order valence-electron chi connectivity index (χ3n) is 3.59. The molecule has 0 amide bonds. The Morgan fingerprint density at radius 1 is 1.56 bits per heavy atom. The van der Waals surface area contributed by atoms with Gasteiger partial charge in [0.2, 0.25) is 0 Å². The summed E-state index contributed by atoms with van der Waals surface area (Å²) in [5.41, 5.74) is 1.15. The van der Waals surface area contributed by atoms with Crippen LogP contribution in [0.2, 0.25) is 5.02 Å². The van der Waals surface area contributed by atoms with Gasteiger partial charge < -0.3 is 14.8 Å². The Bertz CT molecular complexity index is 391. The van der Waals surface area contributed by atoms with Crippen molar-refractivity contribution in [1.82, 2.24) is 5.32 Å². The second-order valence-electron chi connectivity index (χ2n) is 4.68. The maximum absolute atomic E-state index is 6.06. The summed E-state index contributed by atoms with van der Waals surface area (Å²) >= 11 is 6.06. The molecule has 18 heavy (non-hydrogen) atoms. The van der Waals surface area contributed by atoms with Crippen LogP contribution in [0.5, 0.6) is 5.75 Å². The summed E-state index contributed by atoms with van der Waals surface area (Å²) in [4.78, 5) is 0. The fourth-order valence-electron chi connectivity index (χ4n) is 2.52. The maximum Gasteiger partial charge on any atom is 0.122 e. The molecule has 1 heterocycles. The minimum atomic E-state index is 0.403. The van der Waals surface area contributed by atoms with Gasteiger partial charge in [0.25, 0.3) is 0 Å². The van der Waals surface area contributed by atoms with Crippen LogP contribution in [0.15, 0.2) is 18.2 Å². The Balaban J connectivity index is 2.12. The van der Waals surface area contributed by atoms with E-state index in [0.29, 0.717) is 12.0 Å². The molecule has 0 aromatic heterocycles. The molecule has 0 radical (unpaired) electrons. The van der Waals surface area contributed by atoms with E-state index in [1.165, 1.54) is 0 Å². The predicted octanol–water partition coefficient (Wildman–Crippen LogP) is 2.52. The molecule has 0 spiro atoms. The van der Waals surface area contributed by atoms with Gasteiger partial charge >= 0.3 is 0 Å². The van der Waals surface area contributed by atoms with Crippen molar-refractivity contribution >= 4 is 11.6 Å². The summed E-state index contributed by atoms with van der Waals surface area (Å²) in [6.45, 7) is 1.71. The van der Waals surface area contributed by atoms with E-state index in [2.05, 4.69) is 5.32 Å². The third kappa shape index (κ3) is 3.16. The summed E-state index contributed by atoms with van der Waals surface area (Å²) in [7, 11) is 3.69. The Morgan fingerprint density at radius 2 is 2.39 bits per heavy atom. The first-order valence-electron chi connectivity index (χ1n) is 6.32. The minimum absolute atomic E-state index is 0.403. The van der Waals surface area contributed by atoms with Gasteiger partial charge in [0.1, 0.15) is 5.75 Å². The fraction of sp³-hybridized carbons (Fsp3) is 0.571. The van der Waals surface area contributed by atoms with E-state index in [1.807, 2.05) is 25.2 Å². The Morgan fingerprint density at radius 3 is 3.00 bits per heavy atom. The van der Waals surface area contributed by atoms with Crippen LogP contribution >= 0.6 is 11.6 Å². The lowest BCUT2D eigenvalue weighted by Crippen LogP contribution is -2.36. The summed E-state index contributed by atoms with van der Waals surface area (Å²) in [6.07, 6.45) is 2.03. The summed E-state index contributed by atoms with van der Waals surface area (Å²) in [5, 5.41) is 4.14. The first-order chi connectivity index (χ1) is 8.74. The average Bonchev–Trinajstić information content (AvgIpc) is 2.90. The zero-order valence-electron chi connectivity index (χ0n) is 10.9. The van der Waals surface area contributed by atoms with Crippen LogP contribution in [0, 0.1) is 5.92 Å². The summed E-state index contributed by atoms with van der Waals surface area (Å²) in [6, 6.07) is 6.17. The number of hydrogen-bond donors (Lipinski definition) is 1. The van der Waals surface area contributed by atoms with Crippen LogP contribution in [0.3, 0.4) is 0 Å². The molecule has 2 rings (SSSR count). The highest BCUT2D eigenvalue weighted by Gasteiger charge is 2.25. The van der Waals surface area contributed by atoms with Crippen LogP contribution in [-0.2, 0) is 11.2 Å². The van der Waals surface area contributed by atoms with Crippen molar-refractivity contribution in [3.8, 4) is 5.75 Å². The number of nitrogens with one attached hydrogen (secondary N) is 1. The average molecular weight is 270 g/mol. The molecule has 1 fully saturated rings. The lowest BCUT2D eigenvalue weighted by molar-refractivity contribution is 0.177. The molecule has 0 aliphatic carbocycles. The smallest absolute Gasteiger partial charge is 0.122 e. The van der Waals surface area contributed by atoms with Gasteiger partial charge in [-0.25, -0.2) is 0 Å². The molecule has 3 nitrogen and oxygen atoms in total. The van der Waals surface area contributed by atoms with Crippen molar-refractivity contribution in [3.05, 3.63) is 28.8 Å². The van der Waals surface area contributed by atoms with Crippen molar-refractivity contribution in [2.45, 2.75) is 18.9 Å². The molecule has 1 N–H and O–H groups in total. The van der Waals surface area contributed by atoms with Crippen molar-refractivity contribution in [2.75, 3.05) is 27.4 Å². The quantitative estimate of drug-likeness (QED) is 0.891. The van der Waals surface area contributed by atoms with Gasteiger partial charge in [0, 0.05) is 23.6 Å². The van der Waals surface area contributed by atoms with Crippen LogP contribution in [0.25, 0.3) is 0 Å². The van der Waals surface area contributed by atoms with Gasteiger partial charge in [-0.3, -0.25) is 0 Å². The number of likely N-dealkylation sites (N-methyl/N-ethyl adjacent to an activating group) is 1. The fourth-order valence-corrected chi connectivity index (χ4v) is 2.71. The van der Waals surface area contributed by atoms with Gasteiger partial charge in [0.15, 0.2) is 0 Å². The van der Waals surface area contributed by atoms with E-state index in [4.69, 9.17) is 21.1 Å². The van der Waals surface area contributed by atoms with Gasteiger partial charge in [-0.15, -0.1) is 0 Å². The molecule has 2 unspecified atom stereocenters. The monoisotopic (exact) mass is 269 g/mol. The van der Waals surface area contributed by atoms with E-state index in [-0.39, 0.29) is 0 Å². The molecular weight excluding hydrogens is 250 g/mol. The van der Waals surface area contributed by atoms with E-state index in [9.17, 15) is 0 Å². The Kier molecular flexibility index (Phi) is 4.87. The van der Waals surface area contributed by atoms with Gasteiger partial charge in [0.05, 0.1) is 13.7 Å². The molecule has 1 aliphatic heterocycles. The lowest BCUT2D eigenvalue weighted by Gasteiger charge is -2.23. The van der Waals surface area contributed by atoms with E-state index in [1.54, 1.807) is 7.11 Å². The molecule has 0 bridgehead atoms. The zero-order chi connectivity index (χ0) is 13.0. The molecule has 1 aliphatic rings. The van der Waals surface area contributed by atoms with Crippen LogP contribution < -0.4 is 10.1 Å². The van der Waals surface area contributed by atoms with Crippen molar-refractivity contribution in [3.63, 3.8) is 0 Å². The normalized spacial score (nSPS) is 20.9. The molecule has 1 aromatic carbocycles. The number of benzene rings is 1. The molecule has 1 aromatic rings. The van der Waals surface area contributed by atoms with Gasteiger partial charge in [-0.1, -0.05) is 11.6 Å². The molecule has 1 saturated heterocycles. The van der Waals surface area contributed by atoms with Crippen molar-refractivity contribution < 1.29 is 9.47 Å². The zero-order valence-corrected chi connectivity index (χ0v) is 11.7. The molecule has 0 saturated carbocycles. The molecular formula is C14H20ClNO2. The molecule has 4 heteroatoms. The molecule has 100 valence electrons. The van der Waals surface area contributed by atoms with Gasteiger partial charge in [-0.2, -0.15) is 0 Å². The van der Waals surface area contributed by atoms with Crippen molar-refractivity contribution in [1.29, 1.82) is 0 Å². The highest BCUT2D eigenvalue weighted by Crippen LogP contribution is 2.27.